The summed E-state index contributed by atoms with van der Waals surface area (Å²) in [5.74, 6) is 1.58. The van der Waals surface area contributed by atoms with E-state index in [1.165, 1.54) is 5.56 Å². The van der Waals surface area contributed by atoms with Crippen LogP contribution in [0.25, 0.3) is 11.4 Å². The Labute approximate surface area is 129 Å². The van der Waals surface area contributed by atoms with Crippen LogP contribution in [0.4, 0.5) is 5.82 Å². The van der Waals surface area contributed by atoms with Crippen LogP contribution < -0.4 is 5.32 Å². The zero-order valence-corrected chi connectivity index (χ0v) is 14.2. The summed E-state index contributed by atoms with van der Waals surface area (Å²) in [5.41, 5.74) is 3.21. The number of benzene rings is 1. The maximum atomic E-state index is 4.77. The molecule has 3 nitrogen and oxygen atoms in total. The van der Waals surface area contributed by atoms with Gasteiger partial charge in [0.15, 0.2) is 5.82 Å². The van der Waals surface area contributed by atoms with E-state index in [4.69, 9.17) is 4.98 Å². The van der Waals surface area contributed by atoms with Crippen LogP contribution >= 0.6 is 15.9 Å². The van der Waals surface area contributed by atoms with Gasteiger partial charge in [-0.1, -0.05) is 44.5 Å². The van der Waals surface area contributed by atoms with Gasteiger partial charge in [0.05, 0.1) is 10.2 Å². The molecule has 0 unspecified atom stereocenters. The first-order valence-corrected chi connectivity index (χ1v) is 7.45. The van der Waals surface area contributed by atoms with Gasteiger partial charge in [0.2, 0.25) is 0 Å². The molecular weight excluding hydrogens is 314 g/mol. The Bertz CT molecular complexity index is 630. The second-order valence-electron chi connectivity index (χ2n) is 5.93. The predicted molar refractivity (Wildman–Crippen MR) is 88.2 cm³/mol. The topological polar surface area (TPSA) is 37.8 Å². The summed E-state index contributed by atoms with van der Waals surface area (Å²) in [6.07, 6.45) is 0. The molecule has 0 fully saturated rings. The third-order valence-electron chi connectivity index (χ3n) is 3.07. The lowest BCUT2D eigenvalue weighted by atomic mass is 9.91. The molecule has 2 rings (SSSR count). The van der Waals surface area contributed by atoms with Crippen LogP contribution in [0.5, 0.6) is 0 Å². The first-order valence-electron chi connectivity index (χ1n) is 6.65. The number of rotatable bonds is 2. The van der Waals surface area contributed by atoms with Crippen molar-refractivity contribution in [2.75, 3.05) is 12.4 Å². The van der Waals surface area contributed by atoms with Gasteiger partial charge >= 0.3 is 0 Å². The molecule has 0 spiro atoms. The quantitative estimate of drug-likeness (QED) is 0.875. The average molecular weight is 334 g/mol. The van der Waals surface area contributed by atoms with Gasteiger partial charge in [-0.3, -0.25) is 0 Å². The lowest BCUT2D eigenvalue weighted by Crippen LogP contribution is -2.17. The van der Waals surface area contributed by atoms with Crippen molar-refractivity contribution in [2.45, 2.75) is 33.1 Å². The second-order valence-corrected chi connectivity index (χ2v) is 6.72. The molecule has 0 radical (unpaired) electrons. The fourth-order valence-electron chi connectivity index (χ4n) is 2.02. The van der Waals surface area contributed by atoms with Crippen molar-refractivity contribution in [2.24, 2.45) is 0 Å². The van der Waals surface area contributed by atoms with E-state index in [0.717, 1.165) is 27.4 Å². The Morgan fingerprint density at radius 3 is 2.40 bits per heavy atom. The molecule has 0 bridgehead atoms. The largest absolute Gasteiger partial charge is 0.372 e. The van der Waals surface area contributed by atoms with Crippen molar-refractivity contribution in [1.29, 1.82) is 0 Å². The van der Waals surface area contributed by atoms with Gasteiger partial charge in [-0.15, -0.1) is 0 Å². The maximum absolute atomic E-state index is 4.77. The number of hydrogen-bond acceptors (Lipinski definition) is 3. The first-order chi connectivity index (χ1) is 9.32. The highest BCUT2D eigenvalue weighted by Gasteiger charge is 2.23. The SMILES string of the molecule is CNc1nc(-c2cccc(C)c2)nc(C(C)(C)C)c1Br. The maximum Gasteiger partial charge on any atom is 0.161 e. The summed E-state index contributed by atoms with van der Waals surface area (Å²) in [6, 6.07) is 8.26. The molecule has 0 aliphatic rings. The zero-order chi connectivity index (χ0) is 14.9. The van der Waals surface area contributed by atoms with Crippen molar-refractivity contribution in [3.63, 3.8) is 0 Å². The van der Waals surface area contributed by atoms with Gasteiger partial charge in [0.25, 0.3) is 0 Å². The summed E-state index contributed by atoms with van der Waals surface area (Å²) in [4.78, 5) is 9.37. The lowest BCUT2D eigenvalue weighted by molar-refractivity contribution is 0.564. The minimum absolute atomic E-state index is 0.0497. The van der Waals surface area contributed by atoms with Gasteiger partial charge in [-0.05, 0) is 28.9 Å². The fraction of sp³-hybridized carbons (Fsp3) is 0.375. The van der Waals surface area contributed by atoms with Crippen LogP contribution in [0.3, 0.4) is 0 Å². The summed E-state index contributed by atoms with van der Waals surface area (Å²) in [6.45, 7) is 8.53. The van der Waals surface area contributed by atoms with Gasteiger partial charge < -0.3 is 5.32 Å². The van der Waals surface area contributed by atoms with Crippen molar-refractivity contribution >= 4 is 21.7 Å². The van der Waals surface area contributed by atoms with Crippen LogP contribution in [-0.4, -0.2) is 17.0 Å². The molecule has 0 aliphatic carbocycles. The van der Waals surface area contributed by atoms with Crippen LogP contribution in [0, 0.1) is 6.92 Å². The van der Waals surface area contributed by atoms with E-state index >= 15 is 0 Å². The van der Waals surface area contributed by atoms with E-state index in [1.54, 1.807) is 0 Å². The third kappa shape index (κ3) is 3.01. The summed E-state index contributed by atoms with van der Waals surface area (Å²) in [5, 5.41) is 3.13. The van der Waals surface area contributed by atoms with Crippen molar-refractivity contribution in [3.8, 4) is 11.4 Å². The number of anilines is 1. The van der Waals surface area contributed by atoms with Gasteiger partial charge in [-0.2, -0.15) is 0 Å². The predicted octanol–water partition coefficient (Wildman–Crippen LogP) is 4.55. The number of aromatic nitrogens is 2. The molecule has 1 heterocycles. The lowest BCUT2D eigenvalue weighted by Gasteiger charge is -2.21. The minimum atomic E-state index is -0.0497. The minimum Gasteiger partial charge on any atom is -0.372 e. The van der Waals surface area contributed by atoms with Crippen molar-refractivity contribution in [1.82, 2.24) is 9.97 Å². The Kier molecular flexibility index (Phi) is 4.14. The van der Waals surface area contributed by atoms with E-state index in [-0.39, 0.29) is 5.41 Å². The second kappa shape index (κ2) is 5.52. The Balaban J connectivity index is 2.66. The number of nitrogens with zero attached hydrogens (tertiary/aromatic N) is 2. The summed E-state index contributed by atoms with van der Waals surface area (Å²) >= 11 is 3.61. The highest BCUT2D eigenvalue weighted by atomic mass is 79.9. The third-order valence-corrected chi connectivity index (χ3v) is 3.83. The van der Waals surface area contributed by atoms with Crippen molar-refractivity contribution < 1.29 is 0 Å². The average Bonchev–Trinajstić information content (AvgIpc) is 2.37. The Hall–Kier alpha value is -1.42. The van der Waals surface area contributed by atoms with E-state index < -0.39 is 0 Å². The van der Waals surface area contributed by atoms with Gasteiger partial charge in [0.1, 0.15) is 5.82 Å². The standard InChI is InChI=1S/C16H20BrN3/c1-10-7-6-8-11(9-10)14-19-13(16(2,3)4)12(17)15(18-5)20-14/h6-9H,1-5H3,(H,18,19,20). The van der Waals surface area contributed by atoms with E-state index in [9.17, 15) is 0 Å². The van der Waals surface area contributed by atoms with E-state index in [0.29, 0.717) is 0 Å². The Morgan fingerprint density at radius 2 is 1.85 bits per heavy atom. The van der Waals surface area contributed by atoms with Crippen LogP contribution in [-0.2, 0) is 5.41 Å². The summed E-state index contributed by atoms with van der Waals surface area (Å²) < 4.78 is 0.934. The number of nitrogens with one attached hydrogen (secondary N) is 1. The molecule has 106 valence electrons. The van der Waals surface area contributed by atoms with E-state index in [1.807, 2.05) is 19.2 Å². The van der Waals surface area contributed by atoms with Gasteiger partial charge in [-0.25, -0.2) is 9.97 Å². The smallest absolute Gasteiger partial charge is 0.161 e. The number of halogens is 1. The fourth-order valence-corrected chi connectivity index (χ4v) is 2.99. The monoisotopic (exact) mass is 333 g/mol. The molecule has 0 saturated carbocycles. The Morgan fingerprint density at radius 1 is 1.15 bits per heavy atom. The normalized spacial score (nSPS) is 11.5. The highest BCUT2D eigenvalue weighted by Crippen LogP contribution is 2.34. The van der Waals surface area contributed by atoms with Gasteiger partial charge in [0, 0.05) is 18.0 Å². The van der Waals surface area contributed by atoms with E-state index in [2.05, 4.69) is 66.1 Å². The summed E-state index contributed by atoms with van der Waals surface area (Å²) in [7, 11) is 1.87. The van der Waals surface area contributed by atoms with Crippen molar-refractivity contribution in [3.05, 3.63) is 40.0 Å². The molecule has 0 saturated heterocycles. The van der Waals surface area contributed by atoms with Crippen LogP contribution in [0.2, 0.25) is 0 Å². The molecule has 2 aromatic rings. The molecule has 4 heteroatoms. The highest BCUT2D eigenvalue weighted by molar-refractivity contribution is 9.10. The molecule has 0 atom stereocenters. The molecule has 1 aromatic carbocycles. The molecule has 20 heavy (non-hydrogen) atoms. The number of aryl methyl sites for hydroxylation is 1. The molecule has 0 aliphatic heterocycles. The molecule has 1 aromatic heterocycles. The molecule has 1 N–H and O–H groups in total. The molecular formula is C16H20BrN3. The van der Waals surface area contributed by atoms with Crippen LogP contribution in [0.15, 0.2) is 28.7 Å². The van der Waals surface area contributed by atoms with Crippen LogP contribution in [0.1, 0.15) is 32.0 Å². The zero-order valence-electron chi connectivity index (χ0n) is 12.6. The number of hydrogen-bond donors (Lipinski definition) is 1. The first kappa shape index (κ1) is 15.0. The molecule has 0 amide bonds.